The van der Waals surface area contributed by atoms with Crippen LogP contribution in [0.2, 0.25) is 0 Å². The van der Waals surface area contributed by atoms with Crippen LogP contribution in [0.1, 0.15) is 28.9 Å². The molecule has 11 nitrogen and oxygen atoms in total. The fourth-order valence-electron chi connectivity index (χ4n) is 2.25. The number of hydrogen-bond acceptors (Lipinski definition) is 7. The molecule has 0 aliphatic rings. The third-order valence-electron chi connectivity index (χ3n) is 3.41. The largest absolute Gasteiger partial charge is 0.433 e. The van der Waals surface area contributed by atoms with E-state index in [4.69, 9.17) is 4.42 Å². The molecule has 0 unspecified atom stereocenters. The second-order valence-corrected chi connectivity index (χ2v) is 5.35. The summed E-state index contributed by atoms with van der Waals surface area (Å²) in [6.07, 6.45) is 0.551. The van der Waals surface area contributed by atoms with Gasteiger partial charge in [0.1, 0.15) is 10.7 Å². The van der Waals surface area contributed by atoms with Crippen molar-refractivity contribution in [1.29, 1.82) is 0 Å². The highest BCUT2D eigenvalue weighted by atomic mass is 16.6. The van der Waals surface area contributed by atoms with Gasteiger partial charge in [-0.3, -0.25) is 24.7 Å². The average molecular weight is 358 g/mol. The van der Waals surface area contributed by atoms with Gasteiger partial charge in [-0.05, 0) is 19.4 Å². The summed E-state index contributed by atoms with van der Waals surface area (Å²) in [5.74, 6) is -1.10. The topological polar surface area (TPSA) is 149 Å². The summed E-state index contributed by atoms with van der Waals surface area (Å²) in [6.45, 7) is 3.55. The number of anilines is 1. The minimum absolute atomic E-state index is 0.142. The maximum absolute atomic E-state index is 12.3. The highest BCUT2D eigenvalue weighted by Crippen LogP contribution is 2.19. The van der Waals surface area contributed by atoms with Gasteiger partial charge in [-0.25, -0.2) is 4.98 Å². The van der Waals surface area contributed by atoms with Crippen molar-refractivity contribution in [2.24, 2.45) is 0 Å². The first-order valence-corrected chi connectivity index (χ1v) is 7.60. The van der Waals surface area contributed by atoms with Crippen LogP contribution in [0.5, 0.6) is 0 Å². The first-order valence-electron chi connectivity index (χ1n) is 7.60. The minimum atomic E-state index is -0.740. The quantitative estimate of drug-likeness (QED) is 0.519. The van der Waals surface area contributed by atoms with Crippen LogP contribution in [0.15, 0.2) is 33.5 Å². The lowest BCUT2D eigenvalue weighted by Gasteiger charge is -2.07. The Morgan fingerprint density at radius 2 is 2.19 bits per heavy atom. The number of hydrogen-bond donors (Lipinski definition) is 2. The fourth-order valence-corrected chi connectivity index (χ4v) is 2.25. The second-order valence-electron chi connectivity index (χ2n) is 5.35. The molecule has 134 valence electrons. The molecule has 3 heterocycles. The van der Waals surface area contributed by atoms with E-state index in [9.17, 15) is 19.7 Å². The number of nitro groups is 1. The Kier molecular flexibility index (Phi) is 4.35. The van der Waals surface area contributed by atoms with E-state index in [1.807, 2.05) is 6.92 Å². The Balaban J connectivity index is 1.94. The van der Waals surface area contributed by atoms with Crippen molar-refractivity contribution in [2.75, 3.05) is 5.32 Å². The standard InChI is InChI=1S/C15H14N6O5/c1-3-9-7-12(22)18-15(16-9)20-11(6-8(2)19-20)17-14(23)10-4-5-13(26-10)21(24)25/h4-7H,3H2,1-2H3,(H,17,23)(H,16,18,22). The number of rotatable bonds is 5. The third kappa shape index (κ3) is 3.36. The zero-order chi connectivity index (χ0) is 18.8. The van der Waals surface area contributed by atoms with E-state index in [1.54, 1.807) is 13.0 Å². The van der Waals surface area contributed by atoms with Crippen LogP contribution in [0, 0.1) is 17.0 Å². The normalized spacial score (nSPS) is 10.7. The Bertz CT molecular complexity index is 1050. The van der Waals surface area contributed by atoms with E-state index in [-0.39, 0.29) is 23.1 Å². The van der Waals surface area contributed by atoms with Crippen molar-refractivity contribution in [3.8, 4) is 5.95 Å². The number of nitrogens with zero attached hydrogens (tertiary/aromatic N) is 4. The lowest BCUT2D eigenvalue weighted by Crippen LogP contribution is -2.19. The molecule has 0 saturated heterocycles. The number of carbonyl (C=O) groups is 1. The van der Waals surface area contributed by atoms with E-state index >= 15 is 0 Å². The molecule has 1 amide bonds. The fraction of sp³-hybridized carbons (Fsp3) is 0.200. The van der Waals surface area contributed by atoms with Crippen molar-refractivity contribution >= 4 is 17.6 Å². The molecule has 0 radical (unpaired) electrons. The molecule has 0 spiro atoms. The van der Waals surface area contributed by atoms with Crippen LogP contribution in [0.4, 0.5) is 11.7 Å². The minimum Gasteiger partial charge on any atom is -0.395 e. The zero-order valence-electron chi connectivity index (χ0n) is 13.8. The first-order chi connectivity index (χ1) is 12.4. The van der Waals surface area contributed by atoms with E-state index in [0.717, 1.165) is 6.07 Å². The second kappa shape index (κ2) is 6.63. The van der Waals surface area contributed by atoms with E-state index < -0.39 is 16.7 Å². The summed E-state index contributed by atoms with van der Waals surface area (Å²) in [7, 11) is 0. The lowest BCUT2D eigenvalue weighted by molar-refractivity contribution is -0.402. The maximum Gasteiger partial charge on any atom is 0.433 e. The van der Waals surface area contributed by atoms with E-state index in [0.29, 0.717) is 17.8 Å². The van der Waals surface area contributed by atoms with E-state index in [2.05, 4.69) is 20.4 Å². The summed E-state index contributed by atoms with van der Waals surface area (Å²) in [4.78, 5) is 40.8. The highest BCUT2D eigenvalue weighted by molar-refractivity contribution is 6.02. The van der Waals surface area contributed by atoms with Crippen LogP contribution in [-0.4, -0.2) is 30.6 Å². The van der Waals surface area contributed by atoms with Crippen molar-refractivity contribution in [1.82, 2.24) is 19.7 Å². The number of carbonyl (C=O) groups excluding carboxylic acids is 1. The summed E-state index contributed by atoms with van der Waals surface area (Å²) in [6, 6.07) is 5.22. The van der Waals surface area contributed by atoms with Gasteiger partial charge in [-0.15, -0.1) is 0 Å². The predicted molar refractivity (Wildman–Crippen MR) is 89.4 cm³/mol. The van der Waals surface area contributed by atoms with Gasteiger partial charge in [0.05, 0.1) is 11.8 Å². The lowest BCUT2D eigenvalue weighted by atomic mass is 10.3. The van der Waals surface area contributed by atoms with Crippen LogP contribution < -0.4 is 10.9 Å². The number of amides is 1. The average Bonchev–Trinajstić information content (AvgIpc) is 3.21. The number of H-pyrrole nitrogens is 1. The SMILES string of the molecule is CCc1cc(=O)[nH]c(-n2nc(C)cc2NC(=O)c2ccc([N+](=O)[O-])o2)n1. The van der Waals surface area contributed by atoms with Crippen molar-refractivity contribution in [2.45, 2.75) is 20.3 Å². The van der Waals surface area contributed by atoms with Gasteiger partial charge in [0.25, 0.3) is 11.5 Å². The first kappa shape index (κ1) is 17.1. The smallest absolute Gasteiger partial charge is 0.395 e. The molecule has 0 fully saturated rings. The van der Waals surface area contributed by atoms with Gasteiger partial charge in [-0.2, -0.15) is 9.78 Å². The summed E-state index contributed by atoms with van der Waals surface area (Å²) < 4.78 is 6.14. The molecular formula is C15H14N6O5. The Hall–Kier alpha value is -3.76. The molecule has 0 bridgehead atoms. The molecular weight excluding hydrogens is 344 g/mol. The Labute approximate surface area is 145 Å². The molecule has 3 aromatic heterocycles. The van der Waals surface area contributed by atoms with Gasteiger partial charge in [-0.1, -0.05) is 6.92 Å². The number of nitrogens with one attached hydrogen (secondary N) is 2. The summed E-state index contributed by atoms with van der Waals surface area (Å²) in [5.41, 5.74) is 0.782. The van der Waals surface area contributed by atoms with E-state index in [1.165, 1.54) is 16.8 Å². The van der Waals surface area contributed by atoms with Crippen molar-refractivity contribution in [3.63, 3.8) is 0 Å². The molecule has 3 aromatic rings. The molecule has 0 atom stereocenters. The molecule has 3 rings (SSSR count). The number of aromatic amines is 1. The monoisotopic (exact) mass is 358 g/mol. The summed E-state index contributed by atoms with van der Waals surface area (Å²) >= 11 is 0. The number of furan rings is 1. The van der Waals surface area contributed by atoms with Gasteiger partial charge >= 0.3 is 5.88 Å². The molecule has 11 heteroatoms. The predicted octanol–water partition coefficient (Wildman–Crippen LogP) is 1.58. The van der Waals surface area contributed by atoms with Crippen LogP contribution in [0.3, 0.4) is 0 Å². The van der Waals surface area contributed by atoms with Gasteiger partial charge in [0.15, 0.2) is 5.76 Å². The molecule has 26 heavy (non-hydrogen) atoms. The van der Waals surface area contributed by atoms with Crippen LogP contribution in [0.25, 0.3) is 5.95 Å². The van der Waals surface area contributed by atoms with Crippen molar-refractivity contribution < 1.29 is 14.1 Å². The Morgan fingerprint density at radius 3 is 2.85 bits per heavy atom. The molecule has 0 aliphatic heterocycles. The molecule has 2 N–H and O–H groups in total. The highest BCUT2D eigenvalue weighted by Gasteiger charge is 2.20. The Morgan fingerprint density at radius 1 is 1.42 bits per heavy atom. The van der Waals surface area contributed by atoms with Gasteiger partial charge in [0, 0.05) is 17.8 Å². The zero-order valence-corrected chi connectivity index (χ0v) is 13.8. The third-order valence-corrected chi connectivity index (χ3v) is 3.41. The molecule has 0 saturated carbocycles. The molecule has 0 aliphatic carbocycles. The number of aryl methyl sites for hydroxylation is 2. The summed E-state index contributed by atoms with van der Waals surface area (Å²) in [5, 5.41) is 17.4. The molecule has 0 aromatic carbocycles. The van der Waals surface area contributed by atoms with Gasteiger partial charge < -0.3 is 9.73 Å². The van der Waals surface area contributed by atoms with Gasteiger partial charge in [0.2, 0.25) is 5.95 Å². The maximum atomic E-state index is 12.3. The number of aromatic nitrogens is 4. The van der Waals surface area contributed by atoms with Crippen LogP contribution in [-0.2, 0) is 6.42 Å². The van der Waals surface area contributed by atoms with Crippen LogP contribution >= 0.6 is 0 Å². The van der Waals surface area contributed by atoms with Crippen molar-refractivity contribution in [3.05, 3.63) is 61.9 Å².